The van der Waals surface area contributed by atoms with Crippen LogP contribution in [0.1, 0.15) is 48.7 Å². The minimum atomic E-state index is -1.61. The third-order valence-corrected chi connectivity index (χ3v) is 4.96. The summed E-state index contributed by atoms with van der Waals surface area (Å²) in [5.74, 6) is 0. The van der Waals surface area contributed by atoms with Crippen molar-refractivity contribution in [2.45, 2.75) is 55.2 Å². The zero-order valence-corrected chi connectivity index (χ0v) is 15.4. The average molecular weight is 378 g/mol. The summed E-state index contributed by atoms with van der Waals surface area (Å²) in [6.07, 6.45) is 4.59. The number of nitrogens with one attached hydrogen (secondary N) is 1. The molecule has 7 heteroatoms. The van der Waals surface area contributed by atoms with Gasteiger partial charge >= 0.3 is 6.09 Å². The van der Waals surface area contributed by atoms with E-state index in [-0.39, 0.29) is 12.0 Å². The Bertz CT molecular complexity index is 652. The maximum absolute atomic E-state index is 12.1. The monoisotopic (exact) mass is 376 g/mol. The van der Waals surface area contributed by atoms with E-state index in [1.165, 1.54) is 0 Å². The Balaban J connectivity index is 1.86. The first-order chi connectivity index (χ1) is 10.7. The number of aryl methyl sites for hydroxylation is 1. The Morgan fingerprint density at radius 2 is 2.04 bits per heavy atom. The van der Waals surface area contributed by atoms with Gasteiger partial charge in [-0.05, 0) is 50.2 Å². The van der Waals surface area contributed by atoms with Gasteiger partial charge in [-0.2, -0.15) is 0 Å². The molecule has 2 aliphatic rings. The second-order valence-corrected chi connectivity index (χ2v) is 9.13. The second-order valence-electron chi connectivity index (χ2n) is 6.62. The number of aromatic nitrogens is 1. The van der Waals surface area contributed by atoms with Gasteiger partial charge in [0, 0.05) is 11.1 Å². The Labute approximate surface area is 150 Å². The Kier molecular flexibility index (Phi) is 4.45. The molecule has 0 bridgehead atoms. The van der Waals surface area contributed by atoms with Crippen LogP contribution in [0.5, 0.6) is 0 Å². The minimum Gasteiger partial charge on any atom is -0.445 e. The van der Waals surface area contributed by atoms with Crippen molar-refractivity contribution in [3.8, 4) is 0 Å². The summed E-state index contributed by atoms with van der Waals surface area (Å²) in [6.45, 7) is 3.93. The number of nitrogens with zero attached hydrogens (tertiary/aromatic N) is 1. The quantitative estimate of drug-likeness (QED) is 0.766. The number of alkyl halides is 3. The maximum Gasteiger partial charge on any atom is 0.411 e. The van der Waals surface area contributed by atoms with E-state index in [0.717, 1.165) is 60.3 Å². The van der Waals surface area contributed by atoms with Gasteiger partial charge in [-0.3, -0.25) is 10.3 Å². The highest BCUT2D eigenvalue weighted by molar-refractivity contribution is 6.67. The first-order valence-corrected chi connectivity index (χ1v) is 8.86. The number of hydrogen-bond donors (Lipinski definition) is 1. The van der Waals surface area contributed by atoms with Crippen molar-refractivity contribution in [3.05, 3.63) is 22.5 Å². The lowest BCUT2D eigenvalue weighted by Crippen LogP contribution is -2.23. The molecule has 0 radical (unpaired) electrons. The van der Waals surface area contributed by atoms with Crippen molar-refractivity contribution in [2.75, 3.05) is 11.9 Å². The van der Waals surface area contributed by atoms with Crippen LogP contribution >= 0.6 is 34.8 Å². The third-order valence-electron chi connectivity index (χ3n) is 4.63. The molecule has 1 amide bonds. The fourth-order valence-electron chi connectivity index (χ4n) is 3.15. The molecule has 0 saturated heterocycles. The smallest absolute Gasteiger partial charge is 0.411 e. The average Bonchev–Trinajstić information content (AvgIpc) is 3.02. The molecule has 1 saturated carbocycles. The Hall–Kier alpha value is -0.710. The molecule has 1 aromatic rings. The Morgan fingerprint density at radius 3 is 2.65 bits per heavy atom. The van der Waals surface area contributed by atoms with Gasteiger partial charge < -0.3 is 4.74 Å². The summed E-state index contributed by atoms with van der Waals surface area (Å²) in [5, 5.41) is 2.85. The van der Waals surface area contributed by atoms with Crippen LogP contribution in [0.25, 0.3) is 0 Å². The van der Waals surface area contributed by atoms with E-state index in [9.17, 15) is 4.79 Å². The summed E-state index contributed by atoms with van der Waals surface area (Å²) in [4.78, 5) is 16.9. The molecule has 2 aliphatic carbocycles. The van der Waals surface area contributed by atoms with Crippen LogP contribution in [-0.4, -0.2) is 21.5 Å². The molecule has 1 heterocycles. The van der Waals surface area contributed by atoms with Crippen molar-refractivity contribution in [2.24, 2.45) is 0 Å². The molecule has 1 N–H and O–H groups in total. The standard InChI is InChI=1S/C16H19Cl3N2O2/c1-9-12(21-14(22)23-8-16(17,18)19)10-4-3-5-11(10)20-13(9)15(2)6-7-15/h3-8H2,1-2H3,(H,20,21,22). The largest absolute Gasteiger partial charge is 0.445 e. The van der Waals surface area contributed by atoms with Gasteiger partial charge in [0.1, 0.15) is 6.61 Å². The highest BCUT2D eigenvalue weighted by Crippen LogP contribution is 2.50. The topological polar surface area (TPSA) is 51.2 Å². The van der Waals surface area contributed by atoms with Crippen LogP contribution in [0.15, 0.2) is 0 Å². The van der Waals surface area contributed by atoms with Crippen LogP contribution in [0, 0.1) is 6.92 Å². The molecule has 0 spiro atoms. The van der Waals surface area contributed by atoms with Crippen molar-refractivity contribution in [3.63, 3.8) is 0 Å². The van der Waals surface area contributed by atoms with Gasteiger partial charge in [-0.1, -0.05) is 41.7 Å². The summed E-state index contributed by atoms with van der Waals surface area (Å²) in [7, 11) is 0. The lowest BCUT2D eigenvalue weighted by molar-refractivity contribution is 0.164. The van der Waals surface area contributed by atoms with Gasteiger partial charge in [-0.25, -0.2) is 4.79 Å². The van der Waals surface area contributed by atoms with Crippen molar-refractivity contribution >= 4 is 46.6 Å². The number of halogens is 3. The number of pyridine rings is 1. The minimum absolute atomic E-state index is 0.138. The van der Waals surface area contributed by atoms with Crippen molar-refractivity contribution < 1.29 is 9.53 Å². The zero-order chi connectivity index (χ0) is 16.8. The lowest BCUT2D eigenvalue weighted by atomic mass is 9.96. The molecule has 4 nitrogen and oxygen atoms in total. The number of carbonyl (C=O) groups is 1. The number of amides is 1. The molecule has 1 aromatic heterocycles. The van der Waals surface area contributed by atoms with E-state index in [1.54, 1.807) is 0 Å². The van der Waals surface area contributed by atoms with E-state index >= 15 is 0 Å². The van der Waals surface area contributed by atoms with Gasteiger partial charge in [0.25, 0.3) is 0 Å². The predicted molar refractivity (Wildman–Crippen MR) is 92.8 cm³/mol. The number of anilines is 1. The molecule has 0 atom stereocenters. The number of rotatable bonds is 3. The van der Waals surface area contributed by atoms with Crippen LogP contribution < -0.4 is 5.32 Å². The van der Waals surface area contributed by atoms with E-state index in [1.807, 2.05) is 6.92 Å². The summed E-state index contributed by atoms with van der Waals surface area (Å²) in [6, 6.07) is 0. The van der Waals surface area contributed by atoms with Crippen molar-refractivity contribution in [1.82, 2.24) is 4.98 Å². The molecular formula is C16H19Cl3N2O2. The van der Waals surface area contributed by atoms with E-state index in [0.29, 0.717) is 0 Å². The van der Waals surface area contributed by atoms with Crippen LogP contribution in [0.3, 0.4) is 0 Å². The summed E-state index contributed by atoms with van der Waals surface area (Å²) < 4.78 is 3.39. The predicted octanol–water partition coefficient (Wildman–Crippen LogP) is 4.85. The highest BCUT2D eigenvalue weighted by atomic mass is 35.6. The molecule has 0 unspecified atom stereocenters. The molecule has 23 heavy (non-hydrogen) atoms. The molecular weight excluding hydrogens is 359 g/mol. The zero-order valence-electron chi connectivity index (χ0n) is 13.1. The first kappa shape index (κ1) is 17.1. The molecule has 126 valence electrons. The number of hydrogen-bond acceptors (Lipinski definition) is 3. The summed E-state index contributed by atoms with van der Waals surface area (Å²) >= 11 is 16.8. The van der Waals surface area contributed by atoms with Gasteiger partial charge in [-0.15, -0.1) is 0 Å². The molecule has 0 aromatic carbocycles. The fourth-order valence-corrected chi connectivity index (χ4v) is 3.31. The van der Waals surface area contributed by atoms with Crippen molar-refractivity contribution in [1.29, 1.82) is 0 Å². The third kappa shape index (κ3) is 3.70. The maximum atomic E-state index is 12.1. The fraction of sp³-hybridized carbons (Fsp3) is 0.625. The van der Waals surface area contributed by atoms with Gasteiger partial charge in [0.2, 0.25) is 3.79 Å². The van der Waals surface area contributed by atoms with Gasteiger partial charge in [0.05, 0.1) is 11.4 Å². The summed E-state index contributed by atoms with van der Waals surface area (Å²) in [5.41, 5.74) is 5.28. The van der Waals surface area contributed by atoms with Crippen LogP contribution in [0.2, 0.25) is 0 Å². The molecule has 1 fully saturated rings. The van der Waals surface area contributed by atoms with E-state index in [2.05, 4.69) is 12.2 Å². The van der Waals surface area contributed by atoms with Crippen LogP contribution in [-0.2, 0) is 23.0 Å². The molecule has 3 rings (SSSR count). The first-order valence-electron chi connectivity index (χ1n) is 7.73. The number of ether oxygens (including phenoxy) is 1. The highest BCUT2D eigenvalue weighted by Gasteiger charge is 2.43. The molecule has 0 aliphatic heterocycles. The Morgan fingerprint density at radius 1 is 1.35 bits per heavy atom. The normalized spacial score (nSPS) is 18.5. The van der Waals surface area contributed by atoms with Crippen LogP contribution in [0.4, 0.5) is 10.5 Å². The lowest BCUT2D eigenvalue weighted by Gasteiger charge is -2.20. The van der Waals surface area contributed by atoms with E-state index in [4.69, 9.17) is 44.5 Å². The van der Waals surface area contributed by atoms with E-state index < -0.39 is 9.89 Å². The number of carbonyl (C=O) groups excluding carboxylic acids is 1. The second kappa shape index (κ2) is 5.98. The number of fused-ring (bicyclic) bond motifs is 1. The SMILES string of the molecule is Cc1c(C2(C)CC2)nc2c(c1NC(=O)OCC(Cl)(Cl)Cl)CCC2. The van der Waals surface area contributed by atoms with Gasteiger partial charge in [0.15, 0.2) is 0 Å².